The van der Waals surface area contributed by atoms with E-state index in [1.807, 2.05) is 18.2 Å². The molecule has 5 rings (SSSR count). The first-order valence-corrected chi connectivity index (χ1v) is 14.5. The average Bonchev–Trinajstić information content (AvgIpc) is 2.91. The third-order valence-corrected chi connectivity index (χ3v) is 11.5. The Hall–Kier alpha value is -2.89. The van der Waals surface area contributed by atoms with Gasteiger partial charge in [0.25, 0.3) is 0 Å². The van der Waals surface area contributed by atoms with E-state index < -0.39 is 7.26 Å². The van der Waals surface area contributed by atoms with Crippen LogP contribution in [-0.4, -0.2) is 0 Å². The van der Waals surface area contributed by atoms with Crippen molar-refractivity contribution in [2.24, 2.45) is 0 Å². The van der Waals surface area contributed by atoms with Gasteiger partial charge in [-0.05, 0) is 59.2 Å². The summed E-state index contributed by atoms with van der Waals surface area (Å²) in [5, 5.41) is 5.52. The maximum atomic E-state index is 6.63. The highest BCUT2D eigenvalue weighted by atomic mass is 35.5. The van der Waals surface area contributed by atoms with Gasteiger partial charge in [0.05, 0.1) is 6.16 Å². The third-order valence-electron chi connectivity index (χ3n) is 6.46. The lowest BCUT2D eigenvalue weighted by Gasteiger charge is -2.29. The van der Waals surface area contributed by atoms with E-state index in [-0.39, 0.29) is 0 Å². The second kappa shape index (κ2) is 10.8. The van der Waals surface area contributed by atoms with Gasteiger partial charge in [-0.2, -0.15) is 0 Å². The standard InChI is InChI=1S/C32H26Cl2P/c33-28-21-20-26(31(34)23-28)22-27-14-10-11-19-32(27)35(29-15-6-2-7-16-29,30-17-8-3-9-18-30)24-25-12-4-1-5-13-25/h1-21,23H,22,24H2/q+1. The van der Waals surface area contributed by atoms with Gasteiger partial charge in [-0.1, -0.05) is 114 Å². The molecule has 5 aromatic rings. The monoisotopic (exact) mass is 511 g/mol. The van der Waals surface area contributed by atoms with Gasteiger partial charge >= 0.3 is 0 Å². The topological polar surface area (TPSA) is 0 Å². The van der Waals surface area contributed by atoms with Crippen LogP contribution in [0, 0.1) is 0 Å². The maximum Gasteiger partial charge on any atom is 0.116 e. The zero-order chi connectivity index (χ0) is 24.1. The molecule has 0 saturated carbocycles. The summed E-state index contributed by atoms with van der Waals surface area (Å²) in [4.78, 5) is 0. The first-order valence-electron chi connectivity index (χ1n) is 11.7. The Bertz CT molecular complexity index is 1360. The molecule has 0 aromatic heterocycles. The van der Waals surface area contributed by atoms with Crippen molar-refractivity contribution < 1.29 is 0 Å². The lowest BCUT2D eigenvalue weighted by atomic mass is 10.1. The quantitative estimate of drug-likeness (QED) is 0.194. The van der Waals surface area contributed by atoms with Crippen molar-refractivity contribution in [3.05, 3.63) is 160 Å². The first kappa shape index (κ1) is 23.8. The van der Waals surface area contributed by atoms with Crippen LogP contribution in [0.4, 0.5) is 0 Å². The predicted octanol–water partition coefficient (Wildman–Crippen LogP) is 8.08. The van der Waals surface area contributed by atoms with Crippen LogP contribution in [0.1, 0.15) is 16.7 Å². The minimum atomic E-state index is -2.04. The zero-order valence-corrected chi connectivity index (χ0v) is 21.7. The predicted molar refractivity (Wildman–Crippen MR) is 155 cm³/mol. The van der Waals surface area contributed by atoms with Crippen molar-refractivity contribution in [3.8, 4) is 0 Å². The summed E-state index contributed by atoms with van der Waals surface area (Å²) >= 11 is 12.8. The Balaban J connectivity index is 1.77. The molecular weight excluding hydrogens is 486 g/mol. The van der Waals surface area contributed by atoms with E-state index in [9.17, 15) is 0 Å². The zero-order valence-electron chi connectivity index (χ0n) is 19.3. The summed E-state index contributed by atoms with van der Waals surface area (Å²) in [6, 6.07) is 47.6. The molecule has 0 unspecified atom stereocenters. The van der Waals surface area contributed by atoms with E-state index in [2.05, 4.69) is 115 Å². The first-order chi connectivity index (χ1) is 17.2. The highest BCUT2D eigenvalue weighted by molar-refractivity contribution is 7.95. The third kappa shape index (κ3) is 5.07. The number of rotatable bonds is 7. The smallest absolute Gasteiger partial charge is 0.0843 e. The molecule has 0 fully saturated rings. The second-order valence-electron chi connectivity index (χ2n) is 8.67. The molecule has 3 heteroatoms. The Labute approximate surface area is 218 Å². The lowest BCUT2D eigenvalue weighted by molar-refractivity contribution is 1.21. The molecule has 0 bridgehead atoms. The Morgan fingerprint density at radius 1 is 0.514 bits per heavy atom. The van der Waals surface area contributed by atoms with Crippen molar-refractivity contribution in [3.63, 3.8) is 0 Å². The highest BCUT2D eigenvalue weighted by Crippen LogP contribution is 2.59. The van der Waals surface area contributed by atoms with Crippen LogP contribution in [0.15, 0.2) is 133 Å². The molecule has 0 atom stereocenters. The van der Waals surface area contributed by atoms with Crippen molar-refractivity contribution in [2.75, 3.05) is 0 Å². The van der Waals surface area contributed by atoms with Gasteiger partial charge in [-0.25, -0.2) is 0 Å². The van der Waals surface area contributed by atoms with Gasteiger partial charge in [0.2, 0.25) is 0 Å². The van der Waals surface area contributed by atoms with Gasteiger partial charge < -0.3 is 0 Å². The minimum Gasteiger partial charge on any atom is -0.0843 e. The molecule has 0 heterocycles. The number of hydrogen-bond donors (Lipinski definition) is 0. The van der Waals surface area contributed by atoms with Gasteiger partial charge in [0, 0.05) is 16.5 Å². The fraction of sp³-hybridized carbons (Fsp3) is 0.0625. The summed E-state index contributed by atoms with van der Waals surface area (Å²) in [6.45, 7) is 0. The average molecular weight is 512 g/mol. The van der Waals surface area contributed by atoms with Crippen molar-refractivity contribution in [2.45, 2.75) is 12.6 Å². The molecule has 0 aliphatic heterocycles. The molecular formula is C32H26Cl2P+. The van der Waals surface area contributed by atoms with Crippen molar-refractivity contribution in [1.29, 1.82) is 0 Å². The molecule has 5 aromatic carbocycles. The van der Waals surface area contributed by atoms with Crippen LogP contribution < -0.4 is 15.9 Å². The molecule has 0 N–H and O–H groups in total. The fourth-order valence-corrected chi connectivity index (χ4v) is 9.79. The Morgan fingerprint density at radius 2 is 1.06 bits per heavy atom. The lowest BCUT2D eigenvalue weighted by Crippen LogP contribution is -2.34. The van der Waals surface area contributed by atoms with E-state index in [1.54, 1.807) is 0 Å². The summed E-state index contributed by atoms with van der Waals surface area (Å²) < 4.78 is 0. The van der Waals surface area contributed by atoms with E-state index in [0.717, 1.165) is 18.1 Å². The van der Waals surface area contributed by atoms with Crippen LogP contribution >= 0.6 is 30.5 Å². The van der Waals surface area contributed by atoms with Gasteiger partial charge in [-0.15, -0.1) is 0 Å². The summed E-state index contributed by atoms with van der Waals surface area (Å²) in [5.74, 6) is 0. The van der Waals surface area contributed by atoms with Crippen LogP contribution in [0.2, 0.25) is 10.0 Å². The van der Waals surface area contributed by atoms with Crippen molar-refractivity contribution in [1.82, 2.24) is 0 Å². The molecule has 0 aliphatic carbocycles. The summed E-state index contributed by atoms with van der Waals surface area (Å²) in [7, 11) is -2.04. The molecule has 172 valence electrons. The molecule has 0 saturated heterocycles. The Morgan fingerprint density at radius 3 is 1.66 bits per heavy atom. The maximum absolute atomic E-state index is 6.63. The second-order valence-corrected chi connectivity index (χ2v) is 13.0. The molecule has 0 spiro atoms. The molecule has 0 radical (unpaired) electrons. The largest absolute Gasteiger partial charge is 0.116 e. The van der Waals surface area contributed by atoms with Gasteiger partial charge in [-0.3, -0.25) is 0 Å². The van der Waals surface area contributed by atoms with Crippen LogP contribution in [0.25, 0.3) is 0 Å². The fourth-order valence-electron chi connectivity index (χ4n) is 4.82. The normalized spacial score (nSPS) is 11.4. The highest BCUT2D eigenvalue weighted by Gasteiger charge is 2.46. The van der Waals surface area contributed by atoms with Crippen LogP contribution in [0.5, 0.6) is 0 Å². The summed E-state index contributed by atoms with van der Waals surface area (Å²) in [5.41, 5.74) is 3.73. The number of benzene rings is 5. The molecule has 0 amide bonds. The van der Waals surface area contributed by atoms with Crippen LogP contribution in [-0.2, 0) is 12.6 Å². The van der Waals surface area contributed by atoms with E-state index in [1.165, 1.54) is 27.0 Å². The molecule has 35 heavy (non-hydrogen) atoms. The number of hydrogen-bond acceptors (Lipinski definition) is 0. The van der Waals surface area contributed by atoms with E-state index >= 15 is 0 Å². The van der Waals surface area contributed by atoms with Gasteiger partial charge in [0.15, 0.2) is 0 Å². The molecule has 0 nitrogen and oxygen atoms in total. The van der Waals surface area contributed by atoms with E-state index in [4.69, 9.17) is 23.2 Å². The minimum absolute atomic E-state index is 0.659. The van der Waals surface area contributed by atoms with E-state index in [0.29, 0.717) is 10.0 Å². The summed E-state index contributed by atoms with van der Waals surface area (Å²) in [6.07, 6.45) is 1.70. The molecule has 0 aliphatic rings. The number of halogens is 2. The van der Waals surface area contributed by atoms with Crippen LogP contribution in [0.3, 0.4) is 0 Å². The Kier molecular flexibility index (Phi) is 7.35. The SMILES string of the molecule is Clc1ccc(Cc2ccccc2[P+](Cc2ccccc2)(c2ccccc2)c2ccccc2)c(Cl)c1. The van der Waals surface area contributed by atoms with Gasteiger partial charge in [0.1, 0.15) is 23.2 Å². The van der Waals surface area contributed by atoms with Crippen molar-refractivity contribution >= 4 is 46.4 Å².